The van der Waals surface area contributed by atoms with Gasteiger partial charge in [-0.1, -0.05) is 36.2 Å². The quantitative estimate of drug-likeness (QED) is 0.422. The van der Waals surface area contributed by atoms with Crippen LogP contribution in [0.1, 0.15) is 39.7 Å². The van der Waals surface area contributed by atoms with Gasteiger partial charge in [-0.25, -0.2) is 8.42 Å². The number of sulfonamides is 1. The number of nitrogens with zero attached hydrogens (tertiary/aromatic N) is 2. The van der Waals surface area contributed by atoms with Gasteiger partial charge in [0.1, 0.15) is 25.8 Å². The number of benzene rings is 2. The van der Waals surface area contributed by atoms with Gasteiger partial charge in [0.15, 0.2) is 11.5 Å². The molecule has 0 spiro atoms. The zero-order valence-electron chi connectivity index (χ0n) is 21.9. The van der Waals surface area contributed by atoms with Crippen LogP contribution in [-0.4, -0.2) is 62.7 Å². The highest BCUT2D eigenvalue weighted by molar-refractivity contribution is 7.92. The van der Waals surface area contributed by atoms with Gasteiger partial charge in [-0.05, 0) is 51.5 Å². The number of carbonyl (C=O) groups excluding carboxylic acids is 2. The number of hydrogen-bond donors (Lipinski definition) is 1. The minimum absolute atomic E-state index is 0.0897. The summed E-state index contributed by atoms with van der Waals surface area (Å²) >= 11 is 12.8. The molecule has 0 saturated heterocycles. The summed E-state index contributed by atoms with van der Waals surface area (Å²) < 4.78 is 38.5. The van der Waals surface area contributed by atoms with Crippen LogP contribution in [0.15, 0.2) is 36.4 Å². The maximum absolute atomic E-state index is 13.8. The van der Waals surface area contributed by atoms with Gasteiger partial charge in [-0.15, -0.1) is 0 Å². The number of halogens is 2. The van der Waals surface area contributed by atoms with Gasteiger partial charge in [-0.2, -0.15) is 0 Å². The van der Waals surface area contributed by atoms with Crippen LogP contribution in [0.3, 0.4) is 0 Å². The molecule has 0 radical (unpaired) electrons. The number of hydrogen-bond acceptors (Lipinski definition) is 6. The van der Waals surface area contributed by atoms with Crippen molar-refractivity contribution in [1.29, 1.82) is 0 Å². The van der Waals surface area contributed by atoms with E-state index in [2.05, 4.69) is 5.32 Å². The zero-order chi connectivity index (χ0) is 28.0. The Labute approximate surface area is 234 Å². The van der Waals surface area contributed by atoms with Crippen molar-refractivity contribution in [3.8, 4) is 11.5 Å². The van der Waals surface area contributed by atoms with Crippen LogP contribution in [0.4, 0.5) is 5.69 Å². The normalized spacial score (nSPS) is 14.4. The molecular weight excluding hydrogens is 553 g/mol. The Balaban J connectivity index is 1.99. The van der Waals surface area contributed by atoms with Crippen LogP contribution in [-0.2, 0) is 26.2 Å². The highest BCUT2D eigenvalue weighted by Gasteiger charge is 2.32. The van der Waals surface area contributed by atoms with Gasteiger partial charge in [0.05, 0.1) is 11.4 Å². The average molecular weight is 587 g/mol. The van der Waals surface area contributed by atoms with Crippen molar-refractivity contribution < 1.29 is 27.5 Å². The number of ether oxygens (including phenoxy) is 2. The first kappa shape index (κ1) is 29.9. The van der Waals surface area contributed by atoms with E-state index >= 15 is 0 Å². The van der Waals surface area contributed by atoms with E-state index in [1.54, 1.807) is 37.3 Å². The summed E-state index contributed by atoms with van der Waals surface area (Å²) in [5.74, 6) is -0.335. The lowest BCUT2D eigenvalue weighted by molar-refractivity contribution is -0.139. The average Bonchev–Trinajstić information content (AvgIpc) is 2.90. The van der Waals surface area contributed by atoms with Crippen molar-refractivity contribution in [2.24, 2.45) is 0 Å². The third kappa shape index (κ3) is 7.03. The van der Waals surface area contributed by atoms with E-state index in [0.29, 0.717) is 46.7 Å². The standard InChI is InChI=1S/C26H33Cl2N3O6S/c1-5-17(3)29-26(33)18(4)30(15-20-21(27)8-7-9-22(20)28)25(32)16-31(38(34,35)6-2)19-10-11-23-24(14-19)37-13-12-36-23/h7-11,14,17-18H,5-6,12-13,15-16H2,1-4H3,(H,29,33). The molecule has 9 nitrogen and oxygen atoms in total. The van der Waals surface area contributed by atoms with E-state index in [1.165, 1.54) is 17.9 Å². The Morgan fingerprint density at radius 3 is 2.26 bits per heavy atom. The Morgan fingerprint density at radius 1 is 1.03 bits per heavy atom. The highest BCUT2D eigenvalue weighted by Crippen LogP contribution is 2.35. The smallest absolute Gasteiger partial charge is 0.244 e. The van der Waals surface area contributed by atoms with Gasteiger partial charge < -0.3 is 19.7 Å². The largest absolute Gasteiger partial charge is 0.486 e. The number of rotatable bonds is 11. The summed E-state index contributed by atoms with van der Waals surface area (Å²) in [6.07, 6.45) is 0.704. The third-order valence-corrected chi connectivity index (χ3v) is 8.80. The zero-order valence-corrected chi connectivity index (χ0v) is 24.2. The lowest BCUT2D eigenvalue weighted by Gasteiger charge is -2.33. The summed E-state index contributed by atoms with van der Waals surface area (Å²) in [5, 5.41) is 3.54. The van der Waals surface area contributed by atoms with Gasteiger partial charge in [0, 0.05) is 34.3 Å². The number of anilines is 1. The van der Waals surface area contributed by atoms with E-state index in [1.807, 2.05) is 13.8 Å². The summed E-state index contributed by atoms with van der Waals surface area (Å²) in [5.41, 5.74) is 0.702. The Hall–Kier alpha value is -2.69. The summed E-state index contributed by atoms with van der Waals surface area (Å²) in [6, 6.07) is 8.60. The van der Waals surface area contributed by atoms with Crippen molar-refractivity contribution in [1.82, 2.24) is 10.2 Å². The molecule has 2 aromatic rings. The fourth-order valence-electron chi connectivity index (χ4n) is 3.81. The molecule has 0 aliphatic carbocycles. The predicted molar refractivity (Wildman–Crippen MR) is 149 cm³/mol. The molecule has 2 atom stereocenters. The molecule has 0 fully saturated rings. The minimum atomic E-state index is -3.89. The van der Waals surface area contributed by atoms with Crippen molar-refractivity contribution in [3.05, 3.63) is 52.0 Å². The van der Waals surface area contributed by atoms with E-state index in [9.17, 15) is 18.0 Å². The molecule has 0 aromatic heterocycles. The van der Waals surface area contributed by atoms with Crippen LogP contribution in [0.5, 0.6) is 11.5 Å². The fraction of sp³-hybridized carbons (Fsp3) is 0.462. The van der Waals surface area contributed by atoms with Crippen molar-refractivity contribution in [3.63, 3.8) is 0 Å². The minimum Gasteiger partial charge on any atom is -0.486 e. The Morgan fingerprint density at radius 2 is 1.66 bits per heavy atom. The lowest BCUT2D eigenvalue weighted by Crippen LogP contribution is -2.52. The first-order valence-corrected chi connectivity index (χ1v) is 14.8. The first-order valence-electron chi connectivity index (χ1n) is 12.4. The van der Waals surface area contributed by atoms with E-state index in [4.69, 9.17) is 32.7 Å². The lowest BCUT2D eigenvalue weighted by atomic mass is 10.1. The molecule has 2 amide bonds. The maximum atomic E-state index is 13.8. The van der Waals surface area contributed by atoms with Gasteiger partial charge >= 0.3 is 0 Å². The fourth-order valence-corrected chi connectivity index (χ4v) is 5.38. The van der Waals surface area contributed by atoms with Gasteiger partial charge in [0.2, 0.25) is 21.8 Å². The number of nitrogens with one attached hydrogen (secondary N) is 1. The molecule has 2 unspecified atom stereocenters. The molecule has 1 aliphatic heterocycles. The van der Waals surface area contributed by atoms with Crippen LogP contribution in [0, 0.1) is 0 Å². The van der Waals surface area contributed by atoms with Crippen LogP contribution < -0.4 is 19.1 Å². The number of fused-ring (bicyclic) bond motifs is 1. The number of amides is 2. The molecule has 12 heteroatoms. The molecule has 0 bridgehead atoms. The second kappa shape index (κ2) is 12.9. The monoisotopic (exact) mass is 585 g/mol. The van der Waals surface area contributed by atoms with E-state index < -0.39 is 28.5 Å². The molecule has 3 rings (SSSR count). The third-order valence-electron chi connectivity index (χ3n) is 6.35. The number of carbonyl (C=O) groups is 2. The van der Waals surface area contributed by atoms with Gasteiger partial charge in [0.25, 0.3) is 0 Å². The molecule has 208 valence electrons. The van der Waals surface area contributed by atoms with Crippen molar-refractivity contribution >= 4 is 50.7 Å². The Bertz CT molecular complexity index is 1250. The van der Waals surface area contributed by atoms with Crippen molar-refractivity contribution in [2.75, 3.05) is 29.8 Å². The molecule has 1 N–H and O–H groups in total. The summed E-state index contributed by atoms with van der Waals surface area (Å²) in [4.78, 5) is 28.2. The molecule has 0 saturated carbocycles. The van der Waals surface area contributed by atoms with E-state index in [0.717, 1.165) is 4.31 Å². The molecular formula is C26H33Cl2N3O6S. The summed E-state index contributed by atoms with van der Waals surface area (Å²) in [7, 11) is -3.89. The van der Waals surface area contributed by atoms with Gasteiger partial charge in [-0.3, -0.25) is 13.9 Å². The van der Waals surface area contributed by atoms with Crippen LogP contribution in [0.25, 0.3) is 0 Å². The molecule has 2 aromatic carbocycles. The molecule has 1 heterocycles. The van der Waals surface area contributed by atoms with Crippen LogP contribution >= 0.6 is 23.2 Å². The SMILES string of the molecule is CCC(C)NC(=O)C(C)N(Cc1c(Cl)cccc1Cl)C(=O)CN(c1ccc2c(c1)OCCO2)S(=O)(=O)CC. The predicted octanol–water partition coefficient (Wildman–Crippen LogP) is 4.25. The molecule has 1 aliphatic rings. The van der Waals surface area contributed by atoms with Crippen LogP contribution in [0.2, 0.25) is 10.0 Å². The second-order valence-corrected chi connectivity index (χ2v) is 11.9. The molecule has 38 heavy (non-hydrogen) atoms. The summed E-state index contributed by atoms with van der Waals surface area (Å²) in [6.45, 7) is 6.95. The Kier molecular flexibility index (Phi) is 10.1. The van der Waals surface area contributed by atoms with Crippen molar-refractivity contribution in [2.45, 2.75) is 52.7 Å². The highest BCUT2D eigenvalue weighted by atomic mass is 35.5. The van der Waals surface area contributed by atoms with E-state index in [-0.39, 0.29) is 29.9 Å². The second-order valence-electron chi connectivity index (χ2n) is 8.95. The topological polar surface area (TPSA) is 105 Å². The first-order chi connectivity index (χ1) is 18.0. The maximum Gasteiger partial charge on any atom is 0.244 e.